The molecule has 8 heteroatoms. The van der Waals surface area contributed by atoms with Crippen LogP contribution in [0, 0.1) is 12.8 Å². The number of aryl methyl sites for hydroxylation is 1. The molecule has 1 fully saturated rings. The van der Waals surface area contributed by atoms with Crippen molar-refractivity contribution >= 4 is 23.4 Å². The van der Waals surface area contributed by atoms with Crippen molar-refractivity contribution < 1.29 is 9.53 Å². The minimum Gasteiger partial charge on any atom is -0.444 e. The summed E-state index contributed by atoms with van der Waals surface area (Å²) in [5.41, 5.74) is 0.667. The van der Waals surface area contributed by atoms with E-state index in [2.05, 4.69) is 27.5 Å². The van der Waals surface area contributed by atoms with Gasteiger partial charge in [0, 0.05) is 51.1 Å². The molecule has 1 amide bonds. The van der Waals surface area contributed by atoms with Crippen molar-refractivity contribution in [2.45, 2.75) is 66.4 Å². The fraction of sp³-hybridized carbons (Fsp3) is 0.773. The zero-order valence-corrected chi connectivity index (χ0v) is 20.3. The predicted octanol–water partition coefficient (Wildman–Crippen LogP) is 3.93. The number of nitrogens with zero attached hydrogens (tertiary/aromatic N) is 4. The van der Waals surface area contributed by atoms with E-state index in [1.165, 1.54) is 0 Å². The van der Waals surface area contributed by atoms with Crippen molar-refractivity contribution in [2.75, 3.05) is 39.3 Å². The van der Waals surface area contributed by atoms with Gasteiger partial charge in [-0.3, -0.25) is 4.99 Å². The Morgan fingerprint density at radius 2 is 2.07 bits per heavy atom. The van der Waals surface area contributed by atoms with Gasteiger partial charge >= 0.3 is 6.09 Å². The van der Waals surface area contributed by atoms with Crippen molar-refractivity contribution in [3.63, 3.8) is 0 Å². The molecule has 0 atom stereocenters. The summed E-state index contributed by atoms with van der Waals surface area (Å²) in [7, 11) is 0. The number of amides is 1. The van der Waals surface area contributed by atoms with Gasteiger partial charge in [-0.25, -0.2) is 9.78 Å². The number of hydrogen-bond donors (Lipinski definition) is 1. The molecule has 1 aromatic rings. The Bertz CT molecular complexity index is 690. The predicted molar refractivity (Wildman–Crippen MR) is 124 cm³/mol. The molecule has 2 heterocycles. The summed E-state index contributed by atoms with van der Waals surface area (Å²) in [6, 6.07) is 0. The maximum absolute atomic E-state index is 12.4. The number of aromatic nitrogens is 1. The first-order valence-electron chi connectivity index (χ1n) is 11.1. The van der Waals surface area contributed by atoms with Gasteiger partial charge in [-0.15, -0.1) is 11.3 Å². The molecule has 1 aromatic heterocycles. The fourth-order valence-corrected chi connectivity index (χ4v) is 4.17. The van der Waals surface area contributed by atoms with E-state index < -0.39 is 5.60 Å². The summed E-state index contributed by atoms with van der Waals surface area (Å²) < 4.78 is 5.55. The number of likely N-dealkylation sites (tertiary alicyclic amines) is 1. The van der Waals surface area contributed by atoms with Crippen LogP contribution in [0.1, 0.15) is 58.2 Å². The summed E-state index contributed by atoms with van der Waals surface area (Å²) in [6.07, 6.45) is 2.76. The van der Waals surface area contributed by atoms with E-state index in [4.69, 9.17) is 9.73 Å². The molecule has 0 radical (unpaired) electrons. The summed E-state index contributed by atoms with van der Waals surface area (Å²) >= 11 is 1.69. The van der Waals surface area contributed by atoms with Gasteiger partial charge in [-0.2, -0.15) is 0 Å². The summed E-state index contributed by atoms with van der Waals surface area (Å²) in [6.45, 7) is 16.8. The number of piperidine rings is 1. The molecule has 0 saturated carbocycles. The number of hydrogen-bond acceptors (Lipinski definition) is 5. The van der Waals surface area contributed by atoms with Gasteiger partial charge in [0.15, 0.2) is 5.96 Å². The number of guanidine groups is 1. The second kappa shape index (κ2) is 11.5. The van der Waals surface area contributed by atoms with E-state index in [0.717, 1.165) is 68.6 Å². The lowest BCUT2D eigenvalue weighted by atomic mass is 9.96. The third kappa shape index (κ3) is 8.13. The van der Waals surface area contributed by atoms with Crippen molar-refractivity contribution in [3.8, 4) is 0 Å². The molecule has 0 unspecified atom stereocenters. The first-order valence-corrected chi connectivity index (χ1v) is 12.0. The highest BCUT2D eigenvalue weighted by atomic mass is 32.1. The zero-order chi connectivity index (χ0) is 22.1. The van der Waals surface area contributed by atoms with E-state index in [0.29, 0.717) is 12.5 Å². The van der Waals surface area contributed by atoms with Crippen LogP contribution in [0.25, 0.3) is 0 Å². The standard InChI is InChI=1S/C22H39N5O2S/c1-7-23-20(24-12-9-19-16-30-17(3)25-19)27-13-10-18(11-14-27)15-26(8-2)21(28)29-22(4,5)6/h16,18H,7-15H2,1-6H3,(H,23,24). The van der Waals surface area contributed by atoms with Gasteiger partial charge < -0.3 is 19.9 Å². The number of aliphatic imine (C=N–C) groups is 1. The highest BCUT2D eigenvalue weighted by Gasteiger charge is 2.27. The number of nitrogens with one attached hydrogen (secondary N) is 1. The summed E-state index contributed by atoms with van der Waals surface area (Å²) in [4.78, 5) is 25.9. The topological polar surface area (TPSA) is 70.1 Å². The molecule has 30 heavy (non-hydrogen) atoms. The lowest BCUT2D eigenvalue weighted by Crippen LogP contribution is -2.48. The van der Waals surface area contributed by atoms with Crippen LogP contribution in [0.5, 0.6) is 0 Å². The van der Waals surface area contributed by atoms with Crippen molar-refractivity contribution in [1.82, 2.24) is 20.1 Å². The third-order valence-electron chi connectivity index (χ3n) is 5.06. The quantitative estimate of drug-likeness (QED) is 0.517. The molecule has 1 N–H and O–H groups in total. The Morgan fingerprint density at radius 1 is 1.37 bits per heavy atom. The molecule has 1 aliphatic heterocycles. The molecule has 0 bridgehead atoms. The van der Waals surface area contributed by atoms with Crippen LogP contribution < -0.4 is 5.32 Å². The molecule has 1 aliphatic rings. The highest BCUT2D eigenvalue weighted by molar-refractivity contribution is 7.09. The molecule has 170 valence electrons. The monoisotopic (exact) mass is 437 g/mol. The Morgan fingerprint density at radius 3 is 2.60 bits per heavy atom. The van der Waals surface area contributed by atoms with Gasteiger partial charge in [-0.1, -0.05) is 0 Å². The van der Waals surface area contributed by atoms with Gasteiger partial charge in [0.2, 0.25) is 0 Å². The molecule has 7 nitrogen and oxygen atoms in total. The van der Waals surface area contributed by atoms with Crippen LogP contribution in [0.15, 0.2) is 10.4 Å². The Hall–Kier alpha value is -1.83. The summed E-state index contributed by atoms with van der Waals surface area (Å²) in [5.74, 6) is 1.48. The van der Waals surface area contributed by atoms with Crippen LogP contribution in [0.4, 0.5) is 4.79 Å². The van der Waals surface area contributed by atoms with Crippen LogP contribution in [-0.2, 0) is 11.2 Å². The maximum atomic E-state index is 12.4. The van der Waals surface area contributed by atoms with Crippen molar-refractivity contribution in [1.29, 1.82) is 0 Å². The third-order valence-corrected chi connectivity index (χ3v) is 5.88. The van der Waals surface area contributed by atoms with Gasteiger partial charge in [0.1, 0.15) is 5.60 Å². The van der Waals surface area contributed by atoms with Crippen LogP contribution in [-0.4, -0.2) is 71.7 Å². The van der Waals surface area contributed by atoms with Crippen molar-refractivity contribution in [2.24, 2.45) is 10.9 Å². The molecular weight excluding hydrogens is 398 g/mol. The maximum Gasteiger partial charge on any atom is 0.410 e. The smallest absolute Gasteiger partial charge is 0.410 e. The van der Waals surface area contributed by atoms with Gasteiger partial charge in [-0.05, 0) is 60.3 Å². The van der Waals surface area contributed by atoms with Gasteiger partial charge in [0.25, 0.3) is 0 Å². The molecule has 0 aromatic carbocycles. The summed E-state index contributed by atoms with van der Waals surface area (Å²) in [5, 5.41) is 6.65. The first-order chi connectivity index (χ1) is 14.2. The Labute approximate surface area is 185 Å². The van der Waals surface area contributed by atoms with E-state index in [9.17, 15) is 4.79 Å². The number of ether oxygens (including phenoxy) is 1. The number of carbonyl (C=O) groups is 1. The van der Waals surface area contributed by atoms with Crippen molar-refractivity contribution in [3.05, 3.63) is 16.1 Å². The number of carbonyl (C=O) groups excluding carboxylic acids is 1. The Kier molecular flexibility index (Phi) is 9.39. The van der Waals surface area contributed by atoms with Crippen LogP contribution in [0.2, 0.25) is 0 Å². The average Bonchev–Trinajstić information content (AvgIpc) is 3.09. The zero-order valence-electron chi connectivity index (χ0n) is 19.5. The molecule has 0 aliphatic carbocycles. The molecule has 0 spiro atoms. The van der Waals surface area contributed by atoms with E-state index in [1.54, 1.807) is 11.3 Å². The minimum atomic E-state index is -0.456. The minimum absolute atomic E-state index is 0.209. The lowest BCUT2D eigenvalue weighted by molar-refractivity contribution is 0.0214. The number of rotatable bonds is 7. The molecular formula is C22H39N5O2S. The van der Waals surface area contributed by atoms with E-state index in [1.807, 2.05) is 39.5 Å². The SMILES string of the molecule is CCNC(=NCCc1csc(C)n1)N1CCC(CN(CC)C(=O)OC(C)(C)C)CC1. The first kappa shape index (κ1) is 24.4. The van der Waals surface area contributed by atoms with E-state index >= 15 is 0 Å². The van der Waals surface area contributed by atoms with Crippen LogP contribution in [0.3, 0.4) is 0 Å². The molecule has 1 saturated heterocycles. The fourth-order valence-electron chi connectivity index (χ4n) is 3.52. The molecule has 2 rings (SSSR count). The second-order valence-electron chi connectivity index (χ2n) is 8.79. The van der Waals surface area contributed by atoms with Crippen LogP contribution >= 0.6 is 11.3 Å². The van der Waals surface area contributed by atoms with Gasteiger partial charge in [0.05, 0.1) is 10.7 Å². The van der Waals surface area contributed by atoms with E-state index in [-0.39, 0.29) is 6.09 Å². The second-order valence-corrected chi connectivity index (χ2v) is 9.86. The average molecular weight is 438 g/mol. The highest BCUT2D eigenvalue weighted by Crippen LogP contribution is 2.20. The normalized spacial score (nSPS) is 15.9. The largest absolute Gasteiger partial charge is 0.444 e. The lowest BCUT2D eigenvalue weighted by Gasteiger charge is -2.36. The number of thiazole rings is 1. The Balaban J connectivity index is 1.85.